The van der Waals surface area contributed by atoms with E-state index in [1.54, 1.807) is 7.11 Å². The summed E-state index contributed by atoms with van der Waals surface area (Å²) in [6, 6.07) is 7.79. The van der Waals surface area contributed by atoms with Crippen LogP contribution in [-0.4, -0.2) is 38.8 Å². The van der Waals surface area contributed by atoms with Gasteiger partial charge < -0.3 is 20.5 Å². The fraction of sp³-hybridized carbons (Fsp3) is 0.500. The topological polar surface area (TPSA) is 73.6 Å². The van der Waals surface area contributed by atoms with E-state index in [4.69, 9.17) is 15.2 Å². The number of carbonyl (C=O) groups is 1. The van der Waals surface area contributed by atoms with E-state index >= 15 is 0 Å². The maximum Gasteiger partial charge on any atom is 0.222 e. The van der Waals surface area contributed by atoms with Crippen LogP contribution in [0.1, 0.15) is 12.0 Å². The molecule has 106 valence electrons. The van der Waals surface area contributed by atoms with Gasteiger partial charge in [0.2, 0.25) is 5.91 Å². The molecule has 1 unspecified atom stereocenters. The van der Waals surface area contributed by atoms with Gasteiger partial charge in [-0.15, -0.1) is 0 Å². The van der Waals surface area contributed by atoms with Crippen molar-refractivity contribution in [1.29, 1.82) is 0 Å². The first-order chi connectivity index (χ1) is 9.15. The fourth-order valence-electron chi connectivity index (χ4n) is 1.54. The molecular formula is C14H22N2O3. The van der Waals surface area contributed by atoms with Crippen molar-refractivity contribution in [3.05, 3.63) is 29.8 Å². The van der Waals surface area contributed by atoms with Crippen LogP contribution in [-0.2, 0) is 9.53 Å². The number of nitrogens with two attached hydrogens (primary N) is 1. The van der Waals surface area contributed by atoms with Gasteiger partial charge in [0.1, 0.15) is 12.4 Å². The van der Waals surface area contributed by atoms with E-state index in [1.807, 2.05) is 31.2 Å². The Kier molecular flexibility index (Phi) is 6.92. The highest BCUT2D eigenvalue weighted by Gasteiger charge is 2.10. The average Bonchev–Trinajstić information content (AvgIpc) is 2.43. The van der Waals surface area contributed by atoms with Crippen LogP contribution in [0.4, 0.5) is 0 Å². The van der Waals surface area contributed by atoms with Gasteiger partial charge in [-0.25, -0.2) is 0 Å². The van der Waals surface area contributed by atoms with Crippen molar-refractivity contribution in [2.75, 3.05) is 26.8 Å². The first kappa shape index (κ1) is 15.5. The van der Waals surface area contributed by atoms with Gasteiger partial charge in [0, 0.05) is 13.7 Å². The summed E-state index contributed by atoms with van der Waals surface area (Å²) in [6.07, 6.45) is 0.0513. The maximum absolute atomic E-state index is 11.5. The Labute approximate surface area is 114 Å². The highest BCUT2D eigenvalue weighted by Crippen LogP contribution is 2.10. The molecule has 1 rings (SSSR count). The molecule has 0 aliphatic heterocycles. The van der Waals surface area contributed by atoms with E-state index in [0.29, 0.717) is 19.7 Å². The van der Waals surface area contributed by atoms with Gasteiger partial charge in [-0.1, -0.05) is 17.7 Å². The highest BCUT2D eigenvalue weighted by atomic mass is 16.5. The molecule has 1 amide bonds. The van der Waals surface area contributed by atoms with Crippen LogP contribution in [0.2, 0.25) is 0 Å². The lowest BCUT2D eigenvalue weighted by atomic mass is 10.2. The molecule has 0 bridgehead atoms. The Hall–Kier alpha value is -1.59. The third-order valence-electron chi connectivity index (χ3n) is 2.72. The lowest BCUT2D eigenvalue weighted by Crippen LogP contribution is -2.34. The molecule has 0 aliphatic carbocycles. The van der Waals surface area contributed by atoms with Crippen LogP contribution in [0.3, 0.4) is 0 Å². The predicted molar refractivity (Wildman–Crippen MR) is 74.2 cm³/mol. The summed E-state index contributed by atoms with van der Waals surface area (Å²) in [5, 5.41) is 2.76. The smallest absolute Gasteiger partial charge is 0.222 e. The van der Waals surface area contributed by atoms with E-state index in [1.165, 1.54) is 5.56 Å². The Morgan fingerprint density at radius 3 is 2.63 bits per heavy atom. The summed E-state index contributed by atoms with van der Waals surface area (Å²) < 4.78 is 10.5. The van der Waals surface area contributed by atoms with E-state index in [0.717, 1.165) is 5.75 Å². The molecule has 0 radical (unpaired) electrons. The number of rotatable bonds is 8. The van der Waals surface area contributed by atoms with E-state index in [-0.39, 0.29) is 18.4 Å². The molecule has 1 aromatic carbocycles. The monoisotopic (exact) mass is 266 g/mol. The lowest BCUT2D eigenvalue weighted by Gasteiger charge is -2.12. The Bertz CT molecular complexity index is 375. The minimum Gasteiger partial charge on any atom is -0.492 e. The quantitative estimate of drug-likeness (QED) is 0.684. The van der Waals surface area contributed by atoms with Crippen molar-refractivity contribution in [3.63, 3.8) is 0 Å². The molecule has 1 aromatic rings. The zero-order valence-electron chi connectivity index (χ0n) is 11.5. The fourth-order valence-corrected chi connectivity index (χ4v) is 1.54. The van der Waals surface area contributed by atoms with Crippen LogP contribution in [0, 0.1) is 6.92 Å². The first-order valence-electron chi connectivity index (χ1n) is 6.34. The van der Waals surface area contributed by atoms with Crippen LogP contribution in [0.5, 0.6) is 5.75 Å². The highest BCUT2D eigenvalue weighted by molar-refractivity contribution is 5.76. The third kappa shape index (κ3) is 6.22. The van der Waals surface area contributed by atoms with E-state index in [9.17, 15) is 4.79 Å². The molecule has 0 aromatic heterocycles. The summed E-state index contributed by atoms with van der Waals surface area (Å²) in [5.41, 5.74) is 6.63. The number of aryl methyl sites for hydroxylation is 1. The SMILES string of the molecule is COC(CN)CC(=O)NCCOc1ccc(C)cc1. The molecule has 0 fully saturated rings. The average molecular weight is 266 g/mol. The van der Waals surface area contributed by atoms with Gasteiger partial charge in [-0.2, -0.15) is 0 Å². The summed E-state index contributed by atoms with van der Waals surface area (Å²) in [5.74, 6) is 0.724. The van der Waals surface area contributed by atoms with Gasteiger partial charge in [0.15, 0.2) is 0 Å². The number of carbonyl (C=O) groups excluding carboxylic acids is 1. The van der Waals surface area contributed by atoms with Crippen molar-refractivity contribution in [1.82, 2.24) is 5.32 Å². The molecule has 0 heterocycles. The number of nitrogens with one attached hydrogen (secondary N) is 1. The van der Waals surface area contributed by atoms with Gasteiger partial charge >= 0.3 is 0 Å². The maximum atomic E-state index is 11.5. The van der Waals surface area contributed by atoms with Crippen LogP contribution in [0.15, 0.2) is 24.3 Å². The Morgan fingerprint density at radius 1 is 1.37 bits per heavy atom. The van der Waals surface area contributed by atoms with Crippen LogP contribution >= 0.6 is 0 Å². The molecule has 5 nitrogen and oxygen atoms in total. The lowest BCUT2D eigenvalue weighted by molar-refractivity contribution is -0.123. The van der Waals surface area contributed by atoms with E-state index in [2.05, 4.69) is 5.32 Å². The summed E-state index contributed by atoms with van der Waals surface area (Å²) in [7, 11) is 1.55. The van der Waals surface area contributed by atoms with Gasteiger partial charge in [-0.05, 0) is 19.1 Å². The van der Waals surface area contributed by atoms with Crippen molar-refractivity contribution < 1.29 is 14.3 Å². The number of methoxy groups -OCH3 is 1. The molecule has 0 saturated carbocycles. The normalized spacial score (nSPS) is 11.9. The first-order valence-corrected chi connectivity index (χ1v) is 6.34. The second kappa shape index (κ2) is 8.50. The largest absolute Gasteiger partial charge is 0.492 e. The molecule has 3 N–H and O–H groups in total. The number of amides is 1. The number of ether oxygens (including phenoxy) is 2. The third-order valence-corrected chi connectivity index (χ3v) is 2.72. The minimum atomic E-state index is -0.224. The molecule has 19 heavy (non-hydrogen) atoms. The summed E-state index contributed by atoms with van der Waals surface area (Å²) in [4.78, 5) is 11.5. The van der Waals surface area contributed by atoms with Gasteiger partial charge in [0.05, 0.1) is 19.1 Å². The number of hydrogen-bond acceptors (Lipinski definition) is 4. The summed E-state index contributed by atoms with van der Waals surface area (Å²) in [6.45, 7) is 3.26. The second-order valence-corrected chi connectivity index (χ2v) is 4.31. The standard InChI is InChI=1S/C14H22N2O3/c1-11-3-5-12(6-4-11)19-8-7-16-14(17)9-13(10-15)18-2/h3-6,13H,7-10,15H2,1-2H3,(H,16,17). The van der Waals surface area contributed by atoms with Gasteiger partial charge in [0.25, 0.3) is 0 Å². The summed E-state index contributed by atoms with van der Waals surface area (Å²) >= 11 is 0. The number of hydrogen-bond donors (Lipinski definition) is 2. The number of benzene rings is 1. The van der Waals surface area contributed by atoms with Crippen molar-refractivity contribution >= 4 is 5.91 Å². The molecule has 0 spiro atoms. The molecule has 0 aliphatic rings. The van der Waals surface area contributed by atoms with Crippen LogP contribution < -0.4 is 15.8 Å². The second-order valence-electron chi connectivity index (χ2n) is 4.31. The zero-order chi connectivity index (χ0) is 14.1. The zero-order valence-corrected chi connectivity index (χ0v) is 11.5. The van der Waals surface area contributed by atoms with Crippen molar-refractivity contribution in [2.45, 2.75) is 19.4 Å². The van der Waals surface area contributed by atoms with Gasteiger partial charge in [-0.3, -0.25) is 4.79 Å². The van der Waals surface area contributed by atoms with Crippen LogP contribution in [0.25, 0.3) is 0 Å². The van der Waals surface area contributed by atoms with E-state index < -0.39 is 0 Å². The minimum absolute atomic E-state index is 0.0789. The molecular weight excluding hydrogens is 244 g/mol. The Balaban J connectivity index is 2.16. The molecule has 0 saturated heterocycles. The molecule has 1 atom stereocenters. The predicted octanol–water partition coefficient (Wildman–Crippen LogP) is 0.854. The van der Waals surface area contributed by atoms with Crippen molar-refractivity contribution in [2.24, 2.45) is 5.73 Å². The molecule has 5 heteroatoms. The Morgan fingerprint density at radius 2 is 2.05 bits per heavy atom. The van der Waals surface area contributed by atoms with Crippen molar-refractivity contribution in [3.8, 4) is 5.75 Å².